The highest BCUT2D eigenvalue weighted by Crippen LogP contribution is 2.37. The second kappa shape index (κ2) is 5.32. The van der Waals surface area contributed by atoms with E-state index >= 15 is 0 Å². The third kappa shape index (κ3) is 2.10. The first-order valence-corrected chi connectivity index (χ1v) is 7.90. The van der Waals surface area contributed by atoms with Crippen LogP contribution in [-0.2, 0) is 12.8 Å². The summed E-state index contributed by atoms with van der Waals surface area (Å²) in [6, 6.07) is 1.81. The number of pyridine rings is 1. The van der Waals surface area contributed by atoms with E-state index in [0.29, 0.717) is 9.86 Å². The van der Waals surface area contributed by atoms with Crippen molar-refractivity contribution in [2.45, 2.75) is 39.0 Å². The topological polar surface area (TPSA) is 24.9 Å². The smallest absolute Gasteiger partial charge is 0.148 e. The van der Waals surface area contributed by atoms with Crippen LogP contribution in [0.4, 0.5) is 10.1 Å². The zero-order valence-electron chi connectivity index (χ0n) is 11.8. The Hall–Kier alpha value is -1.16. The standard InChI is InChI=1S/C16H18BrFN2/c1-9-8-11(17)14(18)13-15(9)20-12-7-5-3-4-6-10(12)16(13)19-2/h8H,3-7H2,1-2H3,(H,19,20). The van der Waals surface area contributed by atoms with Crippen LogP contribution in [0.3, 0.4) is 0 Å². The maximum Gasteiger partial charge on any atom is 0.148 e. The van der Waals surface area contributed by atoms with E-state index in [1.165, 1.54) is 18.4 Å². The van der Waals surface area contributed by atoms with Crippen LogP contribution in [0.25, 0.3) is 10.9 Å². The first-order chi connectivity index (χ1) is 9.63. The van der Waals surface area contributed by atoms with Gasteiger partial charge in [0.1, 0.15) is 5.82 Å². The minimum absolute atomic E-state index is 0.213. The molecule has 1 aromatic heterocycles. The van der Waals surface area contributed by atoms with Crippen LogP contribution in [0.15, 0.2) is 10.5 Å². The Morgan fingerprint density at radius 1 is 1.25 bits per heavy atom. The number of rotatable bonds is 1. The number of halogens is 2. The van der Waals surface area contributed by atoms with E-state index in [4.69, 9.17) is 4.98 Å². The lowest BCUT2D eigenvalue weighted by Gasteiger charge is -2.17. The fraction of sp³-hybridized carbons (Fsp3) is 0.438. The number of benzene rings is 1. The van der Waals surface area contributed by atoms with Crippen LogP contribution in [0.2, 0.25) is 0 Å². The van der Waals surface area contributed by atoms with Crippen LogP contribution in [-0.4, -0.2) is 12.0 Å². The molecule has 1 heterocycles. The van der Waals surface area contributed by atoms with Crippen LogP contribution >= 0.6 is 15.9 Å². The molecular formula is C16H18BrFN2. The van der Waals surface area contributed by atoms with Gasteiger partial charge in [-0.15, -0.1) is 0 Å². The molecule has 3 rings (SSSR count). The molecule has 0 unspecified atom stereocenters. The zero-order chi connectivity index (χ0) is 14.3. The summed E-state index contributed by atoms with van der Waals surface area (Å²) >= 11 is 3.31. The highest BCUT2D eigenvalue weighted by Gasteiger charge is 2.21. The maximum atomic E-state index is 14.6. The van der Waals surface area contributed by atoms with Crippen molar-refractivity contribution in [3.8, 4) is 0 Å². The van der Waals surface area contributed by atoms with Gasteiger partial charge >= 0.3 is 0 Å². The van der Waals surface area contributed by atoms with E-state index in [1.54, 1.807) is 0 Å². The lowest BCUT2D eigenvalue weighted by molar-refractivity contribution is 0.632. The molecule has 4 heteroatoms. The van der Waals surface area contributed by atoms with E-state index in [1.807, 2.05) is 20.0 Å². The van der Waals surface area contributed by atoms with Crippen molar-refractivity contribution in [3.63, 3.8) is 0 Å². The molecule has 0 amide bonds. The molecule has 0 spiro atoms. The van der Waals surface area contributed by atoms with Crippen molar-refractivity contribution >= 4 is 32.5 Å². The van der Waals surface area contributed by atoms with Crippen LogP contribution < -0.4 is 5.32 Å². The van der Waals surface area contributed by atoms with E-state index in [-0.39, 0.29) is 5.82 Å². The summed E-state index contributed by atoms with van der Waals surface area (Å²) in [4.78, 5) is 4.78. The fourth-order valence-corrected chi connectivity index (χ4v) is 3.68. The average Bonchev–Trinajstić information content (AvgIpc) is 2.67. The molecule has 1 aliphatic rings. The van der Waals surface area contributed by atoms with Gasteiger partial charge < -0.3 is 5.32 Å². The summed E-state index contributed by atoms with van der Waals surface area (Å²) in [7, 11) is 1.87. The highest BCUT2D eigenvalue weighted by atomic mass is 79.9. The van der Waals surface area contributed by atoms with Gasteiger partial charge in [-0.3, -0.25) is 4.98 Å². The normalized spacial score (nSPS) is 15.0. The quantitative estimate of drug-likeness (QED) is 0.759. The third-order valence-electron chi connectivity index (χ3n) is 4.12. The molecule has 20 heavy (non-hydrogen) atoms. The molecular weight excluding hydrogens is 319 g/mol. The zero-order valence-corrected chi connectivity index (χ0v) is 13.4. The predicted molar refractivity (Wildman–Crippen MR) is 84.9 cm³/mol. The van der Waals surface area contributed by atoms with Crippen LogP contribution in [0.5, 0.6) is 0 Å². The summed E-state index contributed by atoms with van der Waals surface area (Å²) in [5.41, 5.74) is 5.07. The molecule has 0 atom stereocenters. The first kappa shape index (κ1) is 13.8. The summed E-state index contributed by atoms with van der Waals surface area (Å²) in [5, 5.41) is 3.85. The van der Waals surface area contributed by atoms with Gasteiger partial charge in [-0.05, 0) is 65.7 Å². The molecule has 0 bridgehead atoms. The predicted octanol–water partition coefficient (Wildman–Crippen LogP) is 4.76. The van der Waals surface area contributed by atoms with Gasteiger partial charge in [0.2, 0.25) is 0 Å². The van der Waals surface area contributed by atoms with Crippen LogP contribution in [0.1, 0.15) is 36.1 Å². The first-order valence-electron chi connectivity index (χ1n) is 7.11. The van der Waals surface area contributed by atoms with Gasteiger partial charge in [0.15, 0.2) is 0 Å². The minimum Gasteiger partial charge on any atom is -0.387 e. The maximum absolute atomic E-state index is 14.6. The Labute approximate surface area is 126 Å². The fourth-order valence-electron chi connectivity index (χ4n) is 3.14. The number of nitrogens with one attached hydrogen (secondary N) is 1. The second-order valence-electron chi connectivity index (χ2n) is 5.44. The van der Waals surface area contributed by atoms with Crippen molar-refractivity contribution in [2.75, 3.05) is 12.4 Å². The van der Waals surface area contributed by atoms with Crippen molar-refractivity contribution in [2.24, 2.45) is 0 Å². The molecule has 1 aromatic carbocycles. The highest BCUT2D eigenvalue weighted by molar-refractivity contribution is 9.10. The van der Waals surface area contributed by atoms with E-state index in [0.717, 1.165) is 41.7 Å². The number of aromatic nitrogens is 1. The van der Waals surface area contributed by atoms with Crippen molar-refractivity contribution in [1.29, 1.82) is 0 Å². The van der Waals surface area contributed by atoms with Crippen molar-refractivity contribution in [3.05, 3.63) is 33.2 Å². The summed E-state index contributed by atoms with van der Waals surface area (Å²) in [5.74, 6) is -0.213. The Bertz CT molecular complexity index is 682. The molecule has 0 saturated heterocycles. The number of fused-ring (bicyclic) bond motifs is 2. The number of hydrogen-bond donors (Lipinski definition) is 1. The Kier molecular flexibility index (Phi) is 3.67. The lowest BCUT2D eigenvalue weighted by Crippen LogP contribution is -2.05. The molecule has 0 fully saturated rings. The summed E-state index contributed by atoms with van der Waals surface area (Å²) in [6.45, 7) is 1.99. The Morgan fingerprint density at radius 3 is 2.75 bits per heavy atom. The Morgan fingerprint density at radius 2 is 2.00 bits per heavy atom. The van der Waals surface area contributed by atoms with Gasteiger partial charge in [-0.2, -0.15) is 0 Å². The second-order valence-corrected chi connectivity index (χ2v) is 6.29. The number of hydrogen-bond acceptors (Lipinski definition) is 2. The van der Waals surface area contributed by atoms with Crippen molar-refractivity contribution < 1.29 is 4.39 Å². The molecule has 1 N–H and O–H groups in total. The van der Waals surface area contributed by atoms with Crippen molar-refractivity contribution in [1.82, 2.24) is 4.98 Å². The Balaban J connectivity index is 2.43. The van der Waals surface area contributed by atoms with Gasteiger partial charge in [0, 0.05) is 12.7 Å². The molecule has 0 radical (unpaired) electrons. The van der Waals surface area contributed by atoms with E-state index in [9.17, 15) is 4.39 Å². The molecule has 0 saturated carbocycles. The van der Waals surface area contributed by atoms with Crippen LogP contribution in [0, 0.1) is 12.7 Å². The summed E-state index contributed by atoms with van der Waals surface area (Å²) in [6.07, 6.45) is 5.54. The SMILES string of the molecule is CNc1c2c(nc3c(C)cc(Br)c(F)c13)CCCCC2. The third-order valence-corrected chi connectivity index (χ3v) is 4.70. The molecule has 2 aromatic rings. The molecule has 106 valence electrons. The van der Waals surface area contributed by atoms with Gasteiger partial charge in [0.25, 0.3) is 0 Å². The molecule has 1 aliphatic carbocycles. The van der Waals surface area contributed by atoms with E-state index in [2.05, 4.69) is 21.2 Å². The number of aryl methyl sites for hydroxylation is 2. The van der Waals surface area contributed by atoms with E-state index < -0.39 is 0 Å². The minimum atomic E-state index is -0.213. The van der Waals surface area contributed by atoms with Gasteiger partial charge in [0.05, 0.1) is 21.1 Å². The monoisotopic (exact) mass is 336 g/mol. The summed E-state index contributed by atoms with van der Waals surface area (Å²) < 4.78 is 15.1. The van der Waals surface area contributed by atoms with Gasteiger partial charge in [-0.25, -0.2) is 4.39 Å². The number of nitrogens with zero attached hydrogens (tertiary/aromatic N) is 1. The number of anilines is 1. The average molecular weight is 337 g/mol. The largest absolute Gasteiger partial charge is 0.387 e. The lowest BCUT2D eigenvalue weighted by atomic mass is 10.00. The molecule has 0 aliphatic heterocycles. The van der Waals surface area contributed by atoms with Gasteiger partial charge in [-0.1, -0.05) is 6.42 Å². The molecule has 2 nitrogen and oxygen atoms in total.